The zero-order valence-corrected chi connectivity index (χ0v) is 12.9. The van der Waals surface area contributed by atoms with Gasteiger partial charge in [0.05, 0.1) is 13.2 Å². The maximum absolute atomic E-state index is 13.6. The second kappa shape index (κ2) is 8.61. The van der Waals surface area contributed by atoms with Gasteiger partial charge in [0.25, 0.3) is 0 Å². The molecule has 0 radical (unpaired) electrons. The Morgan fingerprint density at radius 1 is 1.21 bits per heavy atom. The molecular formula is C14H20BrF2NO. The summed E-state index contributed by atoms with van der Waals surface area (Å²) < 4.78 is 32.6. The molecule has 0 fully saturated rings. The first-order valence-electron chi connectivity index (χ1n) is 6.37. The van der Waals surface area contributed by atoms with Crippen molar-refractivity contribution in [2.45, 2.75) is 26.4 Å². The van der Waals surface area contributed by atoms with E-state index < -0.39 is 11.6 Å². The predicted octanol–water partition coefficient (Wildman–Crippen LogP) is 3.59. The Labute approximate surface area is 121 Å². The van der Waals surface area contributed by atoms with E-state index in [-0.39, 0.29) is 18.2 Å². The van der Waals surface area contributed by atoms with Gasteiger partial charge in [-0.3, -0.25) is 4.90 Å². The fraction of sp³-hybridized carbons (Fsp3) is 0.571. The number of nitrogens with zero attached hydrogens (tertiary/aromatic N) is 1. The van der Waals surface area contributed by atoms with E-state index in [4.69, 9.17) is 4.74 Å². The molecule has 0 saturated carbocycles. The third-order valence-corrected chi connectivity index (χ3v) is 3.22. The summed E-state index contributed by atoms with van der Waals surface area (Å²) >= 11 is 3.28. The van der Waals surface area contributed by atoms with E-state index >= 15 is 0 Å². The largest absolute Gasteiger partial charge is 0.379 e. The SMILES string of the molecule is CC(C)N(CCOCCBr)Cc1c(F)cccc1F. The molecule has 0 amide bonds. The molecule has 0 aliphatic heterocycles. The van der Waals surface area contributed by atoms with Gasteiger partial charge in [-0.05, 0) is 26.0 Å². The Morgan fingerprint density at radius 3 is 2.37 bits per heavy atom. The van der Waals surface area contributed by atoms with Gasteiger partial charge in [-0.2, -0.15) is 0 Å². The van der Waals surface area contributed by atoms with Crippen molar-refractivity contribution in [3.63, 3.8) is 0 Å². The topological polar surface area (TPSA) is 12.5 Å². The molecule has 0 bridgehead atoms. The van der Waals surface area contributed by atoms with Crippen molar-refractivity contribution in [1.82, 2.24) is 4.90 Å². The summed E-state index contributed by atoms with van der Waals surface area (Å²) in [6, 6.07) is 4.16. The zero-order valence-electron chi connectivity index (χ0n) is 11.3. The molecule has 1 rings (SSSR count). The molecule has 0 aliphatic rings. The van der Waals surface area contributed by atoms with Gasteiger partial charge < -0.3 is 4.74 Å². The van der Waals surface area contributed by atoms with Crippen LogP contribution in [0.2, 0.25) is 0 Å². The van der Waals surface area contributed by atoms with Gasteiger partial charge in [-0.15, -0.1) is 0 Å². The minimum Gasteiger partial charge on any atom is -0.379 e. The highest BCUT2D eigenvalue weighted by Crippen LogP contribution is 2.16. The molecule has 0 N–H and O–H groups in total. The Balaban J connectivity index is 2.62. The highest BCUT2D eigenvalue weighted by molar-refractivity contribution is 9.09. The first kappa shape index (κ1) is 16.5. The summed E-state index contributed by atoms with van der Waals surface area (Å²) in [6.07, 6.45) is 0. The number of hydrogen-bond acceptors (Lipinski definition) is 2. The van der Waals surface area contributed by atoms with Crippen molar-refractivity contribution >= 4 is 15.9 Å². The van der Waals surface area contributed by atoms with Crippen LogP contribution >= 0.6 is 15.9 Å². The minimum absolute atomic E-state index is 0.122. The molecule has 0 spiro atoms. The maximum Gasteiger partial charge on any atom is 0.130 e. The highest BCUT2D eigenvalue weighted by Gasteiger charge is 2.15. The molecule has 1 aromatic rings. The summed E-state index contributed by atoms with van der Waals surface area (Å²) in [5.74, 6) is -0.987. The average Bonchev–Trinajstić information content (AvgIpc) is 2.36. The summed E-state index contributed by atoms with van der Waals surface area (Å²) in [5.41, 5.74) is 0.122. The smallest absolute Gasteiger partial charge is 0.130 e. The fourth-order valence-corrected chi connectivity index (χ4v) is 1.97. The molecule has 0 heterocycles. The van der Waals surface area contributed by atoms with Crippen LogP contribution in [-0.4, -0.2) is 36.0 Å². The van der Waals surface area contributed by atoms with Crippen molar-refractivity contribution in [3.05, 3.63) is 35.4 Å². The van der Waals surface area contributed by atoms with Crippen LogP contribution in [0.5, 0.6) is 0 Å². The highest BCUT2D eigenvalue weighted by atomic mass is 79.9. The first-order valence-corrected chi connectivity index (χ1v) is 7.49. The van der Waals surface area contributed by atoms with E-state index in [1.807, 2.05) is 18.7 Å². The van der Waals surface area contributed by atoms with Crippen LogP contribution in [0.4, 0.5) is 8.78 Å². The van der Waals surface area contributed by atoms with E-state index in [1.54, 1.807) is 0 Å². The third kappa shape index (κ3) is 5.55. The molecule has 19 heavy (non-hydrogen) atoms. The molecule has 0 saturated heterocycles. The zero-order chi connectivity index (χ0) is 14.3. The van der Waals surface area contributed by atoms with Gasteiger partial charge in [0, 0.05) is 30.0 Å². The molecule has 0 aliphatic carbocycles. The summed E-state index contributed by atoms with van der Waals surface area (Å²) in [5, 5.41) is 0.788. The number of halogens is 3. The van der Waals surface area contributed by atoms with Crippen molar-refractivity contribution in [1.29, 1.82) is 0 Å². The van der Waals surface area contributed by atoms with Crippen LogP contribution in [-0.2, 0) is 11.3 Å². The second-order valence-electron chi connectivity index (χ2n) is 4.57. The van der Waals surface area contributed by atoms with Crippen LogP contribution in [0.1, 0.15) is 19.4 Å². The van der Waals surface area contributed by atoms with E-state index in [2.05, 4.69) is 15.9 Å². The van der Waals surface area contributed by atoms with Crippen molar-refractivity contribution in [2.75, 3.05) is 25.1 Å². The van der Waals surface area contributed by atoms with Crippen molar-refractivity contribution in [3.8, 4) is 0 Å². The van der Waals surface area contributed by atoms with Gasteiger partial charge in [0.1, 0.15) is 11.6 Å². The number of rotatable bonds is 8. The fourth-order valence-electron chi connectivity index (χ4n) is 1.74. The van der Waals surface area contributed by atoms with Gasteiger partial charge in [0.2, 0.25) is 0 Å². The Kier molecular flexibility index (Phi) is 7.49. The Hall–Kier alpha value is -0.520. The van der Waals surface area contributed by atoms with Crippen molar-refractivity contribution < 1.29 is 13.5 Å². The van der Waals surface area contributed by atoms with E-state index in [1.165, 1.54) is 18.2 Å². The predicted molar refractivity (Wildman–Crippen MR) is 76.5 cm³/mol. The van der Waals surface area contributed by atoms with E-state index in [0.29, 0.717) is 19.8 Å². The number of benzene rings is 1. The summed E-state index contributed by atoms with van der Waals surface area (Å²) in [7, 11) is 0. The molecule has 0 unspecified atom stereocenters. The molecular weight excluding hydrogens is 316 g/mol. The van der Waals surface area contributed by atoms with Gasteiger partial charge >= 0.3 is 0 Å². The Bertz CT molecular complexity index is 367. The van der Waals surface area contributed by atoms with Crippen LogP contribution in [0.3, 0.4) is 0 Å². The minimum atomic E-state index is -0.493. The molecule has 5 heteroatoms. The van der Waals surface area contributed by atoms with Crippen LogP contribution < -0.4 is 0 Å². The first-order chi connectivity index (χ1) is 9.06. The third-order valence-electron chi connectivity index (χ3n) is 2.90. The maximum atomic E-state index is 13.6. The molecule has 0 aromatic heterocycles. The standard InChI is InChI=1S/C14H20BrF2NO/c1-11(2)18(7-9-19-8-6-15)10-12-13(16)4-3-5-14(12)17/h3-5,11H,6-10H2,1-2H3. The normalized spacial score (nSPS) is 11.5. The van der Waals surface area contributed by atoms with Crippen LogP contribution in [0.25, 0.3) is 0 Å². The van der Waals surface area contributed by atoms with Crippen LogP contribution in [0, 0.1) is 11.6 Å². The second-order valence-corrected chi connectivity index (χ2v) is 5.36. The lowest BCUT2D eigenvalue weighted by molar-refractivity contribution is 0.0979. The molecule has 1 aromatic carbocycles. The van der Waals surface area contributed by atoms with Crippen molar-refractivity contribution in [2.24, 2.45) is 0 Å². The molecule has 108 valence electrons. The van der Waals surface area contributed by atoms with E-state index in [9.17, 15) is 8.78 Å². The lowest BCUT2D eigenvalue weighted by atomic mass is 10.1. The molecule has 2 nitrogen and oxygen atoms in total. The monoisotopic (exact) mass is 335 g/mol. The Morgan fingerprint density at radius 2 is 1.84 bits per heavy atom. The number of ether oxygens (including phenoxy) is 1. The van der Waals surface area contributed by atoms with E-state index in [0.717, 1.165) is 5.33 Å². The van der Waals surface area contributed by atoms with Gasteiger partial charge in [0.15, 0.2) is 0 Å². The van der Waals surface area contributed by atoms with Gasteiger partial charge in [-0.25, -0.2) is 8.78 Å². The number of hydrogen-bond donors (Lipinski definition) is 0. The number of alkyl halides is 1. The summed E-state index contributed by atoms with van der Waals surface area (Å²) in [6.45, 7) is 6.11. The lowest BCUT2D eigenvalue weighted by Crippen LogP contribution is -2.34. The van der Waals surface area contributed by atoms with Crippen LogP contribution in [0.15, 0.2) is 18.2 Å². The molecule has 0 atom stereocenters. The lowest BCUT2D eigenvalue weighted by Gasteiger charge is -2.26. The van der Waals surface area contributed by atoms with Gasteiger partial charge in [-0.1, -0.05) is 22.0 Å². The quantitative estimate of drug-likeness (QED) is 0.531. The average molecular weight is 336 g/mol. The summed E-state index contributed by atoms with van der Waals surface area (Å²) in [4.78, 5) is 2.00.